The highest BCUT2D eigenvalue weighted by molar-refractivity contribution is 5.59. The molecule has 4 heterocycles. The van der Waals surface area contributed by atoms with Gasteiger partial charge in [-0.05, 0) is 24.3 Å². The minimum atomic E-state index is -0.147. The van der Waals surface area contributed by atoms with Crippen LogP contribution in [-0.2, 0) is 11.8 Å². The monoisotopic (exact) mass is 349 g/mol. The predicted molar refractivity (Wildman–Crippen MR) is 97.9 cm³/mol. The maximum absolute atomic E-state index is 12.5. The maximum atomic E-state index is 12.5. The van der Waals surface area contributed by atoms with Crippen LogP contribution < -0.4 is 10.5 Å². The average Bonchev–Trinajstić information content (AvgIpc) is 2.71. The van der Waals surface area contributed by atoms with E-state index in [1.165, 1.54) is 0 Å². The highest BCUT2D eigenvalue weighted by Crippen LogP contribution is 2.24. The average molecular weight is 349 g/mol. The zero-order chi connectivity index (χ0) is 17.9. The lowest BCUT2D eigenvalue weighted by Crippen LogP contribution is -2.42. The third-order valence-electron chi connectivity index (χ3n) is 4.45. The van der Waals surface area contributed by atoms with E-state index in [-0.39, 0.29) is 11.7 Å². The van der Waals surface area contributed by atoms with Crippen molar-refractivity contribution >= 4 is 5.95 Å². The Kier molecular flexibility index (Phi) is 4.45. The molecule has 7 heteroatoms. The van der Waals surface area contributed by atoms with Crippen molar-refractivity contribution in [1.29, 1.82) is 0 Å². The van der Waals surface area contributed by atoms with Crippen molar-refractivity contribution in [3.8, 4) is 11.3 Å². The fourth-order valence-corrected chi connectivity index (χ4v) is 3.06. The largest absolute Gasteiger partial charge is 0.368 e. The zero-order valence-corrected chi connectivity index (χ0v) is 14.4. The quantitative estimate of drug-likeness (QED) is 0.718. The van der Waals surface area contributed by atoms with Crippen LogP contribution in [0.1, 0.15) is 11.8 Å². The van der Waals surface area contributed by atoms with Gasteiger partial charge in [-0.1, -0.05) is 6.07 Å². The SMILES string of the molecule is Cn1c(N2CCOC(c3ccccn3)C2)nc(-c2ccncc2)cc1=O. The summed E-state index contributed by atoms with van der Waals surface area (Å²) in [5.74, 6) is 0.633. The number of anilines is 1. The van der Waals surface area contributed by atoms with Gasteiger partial charge in [0.15, 0.2) is 0 Å². The summed E-state index contributed by atoms with van der Waals surface area (Å²) in [6, 6.07) is 11.0. The van der Waals surface area contributed by atoms with Crippen LogP contribution in [0.3, 0.4) is 0 Å². The Morgan fingerprint density at radius 2 is 2.00 bits per heavy atom. The van der Waals surface area contributed by atoms with Gasteiger partial charge in [-0.3, -0.25) is 19.3 Å². The number of hydrogen-bond acceptors (Lipinski definition) is 6. The lowest BCUT2D eigenvalue weighted by atomic mass is 10.2. The molecule has 1 atom stereocenters. The van der Waals surface area contributed by atoms with Gasteiger partial charge < -0.3 is 9.64 Å². The standard InChI is InChI=1S/C19H19N5O2/c1-23-18(25)12-16(14-5-8-20-9-6-14)22-19(23)24-10-11-26-17(13-24)15-4-2-3-7-21-15/h2-9,12,17H,10-11,13H2,1H3. The minimum absolute atomic E-state index is 0.0947. The molecule has 0 N–H and O–H groups in total. The van der Waals surface area contributed by atoms with Gasteiger partial charge in [0.1, 0.15) is 6.10 Å². The topological polar surface area (TPSA) is 73.1 Å². The minimum Gasteiger partial charge on any atom is -0.368 e. The van der Waals surface area contributed by atoms with Gasteiger partial charge in [-0.25, -0.2) is 4.98 Å². The molecule has 1 saturated heterocycles. The molecular formula is C19H19N5O2. The highest BCUT2D eigenvalue weighted by Gasteiger charge is 2.25. The number of hydrogen-bond donors (Lipinski definition) is 0. The van der Waals surface area contributed by atoms with E-state index < -0.39 is 0 Å². The van der Waals surface area contributed by atoms with Crippen LogP contribution in [-0.4, -0.2) is 39.2 Å². The third kappa shape index (κ3) is 3.21. The smallest absolute Gasteiger partial charge is 0.255 e. The second-order valence-corrected chi connectivity index (χ2v) is 6.13. The fraction of sp³-hybridized carbons (Fsp3) is 0.263. The number of rotatable bonds is 3. The lowest BCUT2D eigenvalue weighted by Gasteiger charge is -2.34. The van der Waals surface area contributed by atoms with E-state index in [0.29, 0.717) is 31.3 Å². The van der Waals surface area contributed by atoms with Crippen molar-refractivity contribution in [3.05, 3.63) is 71.0 Å². The molecule has 1 fully saturated rings. The molecule has 7 nitrogen and oxygen atoms in total. The molecule has 132 valence electrons. The van der Waals surface area contributed by atoms with E-state index in [2.05, 4.69) is 14.9 Å². The summed E-state index contributed by atoms with van der Waals surface area (Å²) in [6.45, 7) is 1.82. The second-order valence-electron chi connectivity index (χ2n) is 6.13. The summed E-state index contributed by atoms with van der Waals surface area (Å²) in [6.07, 6.45) is 5.00. The number of ether oxygens (including phenoxy) is 1. The van der Waals surface area contributed by atoms with Gasteiger partial charge in [0.2, 0.25) is 5.95 Å². The van der Waals surface area contributed by atoms with E-state index >= 15 is 0 Å². The molecule has 0 amide bonds. The third-order valence-corrected chi connectivity index (χ3v) is 4.45. The number of aromatic nitrogens is 4. The van der Waals surface area contributed by atoms with Gasteiger partial charge in [-0.2, -0.15) is 0 Å². The lowest BCUT2D eigenvalue weighted by molar-refractivity contribution is 0.0362. The second kappa shape index (κ2) is 7.05. The first kappa shape index (κ1) is 16.4. The van der Waals surface area contributed by atoms with Crippen molar-refractivity contribution in [2.24, 2.45) is 7.05 Å². The van der Waals surface area contributed by atoms with Crippen LogP contribution in [0, 0.1) is 0 Å². The molecule has 1 aliphatic rings. The van der Waals surface area contributed by atoms with Crippen LogP contribution in [0.2, 0.25) is 0 Å². The molecular weight excluding hydrogens is 330 g/mol. The van der Waals surface area contributed by atoms with Crippen molar-refractivity contribution in [3.63, 3.8) is 0 Å². The summed E-state index contributed by atoms with van der Waals surface area (Å²) in [4.78, 5) is 27.7. The van der Waals surface area contributed by atoms with Crippen LogP contribution in [0.15, 0.2) is 59.8 Å². The van der Waals surface area contributed by atoms with Crippen LogP contribution in [0.5, 0.6) is 0 Å². The first-order valence-corrected chi connectivity index (χ1v) is 8.48. The molecule has 0 saturated carbocycles. The van der Waals surface area contributed by atoms with Gasteiger partial charge >= 0.3 is 0 Å². The maximum Gasteiger partial charge on any atom is 0.255 e. The zero-order valence-electron chi connectivity index (χ0n) is 14.4. The summed E-state index contributed by atoms with van der Waals surface area (Å²) >= 11 is 0. The van der Waals surface area contributed by atoms with Crippen LogP contribution in [0.4, 0.5) is 5.95 Å². The Labute approximate surface area is 150 Å². The van der Waals surface area contributed by atoms with Crippen molar-refractivity contribution in [2.45, 2.75) is 6.10 Å². The van der Waals surface area contributed by atoms with Crippen molar-refractivity contribution in [1.82, 2.24) is 19.5 Å². The number of pyridine rings is 2. The molecule has 26 heavy (non-hydrogen) atoms. The van der Waals surface area contributed by atoms with E-state index in [1.807, 2.05) is 30.3 Å². The summed E-state index contributed by atoms with van der Waals surface area (Å²) in [5.41, 5.74) is 2.30. The molecule has 4 rings (SSSR count). The van der Waals surface area contributed by atoms with Crippen LogP contribution >= 0.6 is 0 Å². The summed E-state index contributed by atoms with van der Waals surface area (Å²) in [5, 5.41) is 0. The Morgan fingerprint density at radius 1 is 1.15 bits per heavy atom. The van der Waals surface area contributed by atoms with Gasteiger partial charge in [0.05, 0.1) is 24.5 Å². The molecule has 0 spiro atoms. The molecule has 1 aliphatic heterocycles. The van der Waals surface area contributed by atoms with E-state index in [1.54, 1.807) is 36.3 Å². The molecule has 1 unspecified atom stereocenters. The molecule has 0 radical (unpaired) electrons. The van der Waals surface area contributed by atoms with E-state index in [4.69, 9.17) is 9.72 Å². The number of nitrogens with zero attached hydrogens (tertiary/aromatic N) is 5. The predicted octanol–water partition coefficient (Wildman–Crippen LogP) is 1.82. The molecule has 3 aromatic rings. The molecule has 3 aromatic heterocycles. The number of morpholine rings is 1. The molecule has 0 aromatic carbocycles. The Balaban J connectivity index is 1.68. The Morgan fingerprint density at radius 3 is 2.77 bits per heavy atom. The van der Waals surface area contributed by atoms with Crippen molar-refractivity contribution in [2.75, 3.05) is 24.6 Å². The summed E-state index contributed by atoms with van der Waals surface area (Å²) < 4.78 is 7.45. The Bertz CT molecular complexity index is 943. The van der Waals surface area contributed by atoms with Gasteiger partial charge in [0.25, 0.3) is 5.56 Å². The van der Waals surface area contributed by atoms with Crippen molar-refractivity contribution < 1.29 is 4.74 Å². The molecule has 0 aliphatic carbocycles. The molecule has 0 bridgehead atoms. The first-order valence-electron chi connectivity index (χ1n) is 8.48. The van der Waals surface area contributed by atoms with E-state index in [0.717, 1.165) is 11.3 Å². The highest BCUT2D eigenvalue weighted by atomic mass is 16.5. The summed E-state index contributed by atoms with van der Waals surface area (Å²) in [7, 11) is 1.74. The first-order chi connectivity index (χ1) is 12.7. The van der Waals surface area contributed by atoms with E-state index in [9.17, 15) is 4.79 Å². The van der Waals surface area contributed by atoms with Crippen LogP contribution in [0.25, 0.3) is 11.3 Å². The normalized spacial score (nSPS) is 17.3. The Hall–Kier alpha value is -3.06. The van der Waals surface area contributed by atoms with Gasteiger partial charge in [0, 0.05) is 43.8 Å². The van der Waals surface area contributed by atoms with Gasteiger partial charge in [-0.15, -0.1) is 0 Å². The fourth-order valence-electron chi connectivity index (χ4n) is 3.06.